The van der Waals surface area contributed by atoms with Crippen molar-refractivity contribution in [3.63, 3.8) is 0 Å². The molecule has 0 fully saturated rings. The smallest absolute Gasteiger partial charge is 0.267 e. The summed E-state index contributed by atoms with van der Waals surface area (Å²) in [5, 5.41) is 8.51. The quantitative estimate of drug-likeness (QED) is 0.783. The van der Waals surface area contributed by atoms with Gasteiger partial charge in [-0.15, -0.1) is 0 Å². The van der Waals surface area contributed by atoms with Gasteiger partial charge in [0.2, 0.25) is 5.91 Å². The third-order valence-corrected chi connectivity index (χ3v) is 4.86. The fraction of sp³-hybridized carbons (Fsp3) is 0.318. The molecule has 7 heteroatoms. The van der Waals surface area contributed by atoms with E-state index >= 15 is 0 Å². The van der Waals surface area contributed by atoms with Crippen LogP contribution in [0.5, 0.6) is 0 Å². The van der Waals surface area contributed by atoms with Crippen molar-refractivity contribution >= 4 is 17.5 Å². The highest BCUT2D eigenvalue weighted by Gasteiger charge is 2.25. The molecule has 3 rings (SSSR count). The minimum absolute atomic E-state index is 0.101. The molecule has 2 aromatic carbocycles. The Morgan fingerprint density at radius 2 is 1.93 bits per heavy atom. The van der Waals surface area contributed by atoms with Gasteiger partial charge in [0.25, 0.3) is 5.91 Å². The summed E-state index contributed by atoms with van der Waals surface area (Å²) in [6.07, 6.45) is 0.558. The normalized spacial score (nSPS) is 15.2. The van der Waals surface area contributed by atoms with Crippen LogP contribution in [0, 0.1) is 5.82 Å². The molecule has 1 aliphatic rings. The molecule has 0 bridgehead atoms. The van der Waals surface area contributed by atoms with Gasteiger partial charge in [-0.3, -0.25) is 9.59 Å². The second kappa shape index (κ2) is 9.43. The lowest BCUT2D eigenvalue weighted by molar-refractivity contribution is -0.132. The average molecular weight is 396 g/mol. The lowest BCUT2D eigenvalue weighted by atomic mass is 10.1. The second-order valence-electron chi connectivity index (χ2n) is 7.23. The van der Waals surface area contributed by atoms with Gasteiger partial charge in [-0.05, 0) is 37.4 Å². The van der Waals surface area contributed by atoms with E-state index in [1.807, 2.05) is 55.4 Å². The molecular weight excluding hydrogens is 371 g/mol. The van der Waals surface area contributed by atoms with Gasteiger partial charge in [0.05, 0.1) is 12.6 Å². The molecule has 0 aromatic heterocycles. The Hall–Kier alpha value is -3.06. The van der Waals surface area contributed by atoms with Crippen LogP contribution in [-0.4, -0.2) is 48.1 Å². The summed E-state index contributed by atoms with van der Waals surface area (Å²) >= 11 is 0. The minimum Gasteiger partial charge on any atom is -0.349 e. The first-order valence-corrected chi connectivity index (χ1v) is 9.56. The van der Waals surface area contributed by atoms with Crippen molar-refractivity contribution in [1.29, 1.82) is 0 Å². The number of amides is 2. The molecule has 0 saturated heterocycles. The van der Waals surface area contributed by atoms with E-state index in [0.29, 0.717) is 25.2 Å². The molecule has 0 spiro atoms. The van der Waals surface area contributed by atoms with Gasteiger partial charge < -0.3 is 10.2 Å². The maximum absolute atomic E-state index is 13.6. The highest BCUT2D eigenvalue weighted by Crippen LogP contribution is 2.19. The molecule has 0 radical (unpaired) electrons. The first-order chi connectivity index (χ1) is 13.9. The zero-order chi connectivity index (χ0) is 20.8. The van der Waals surface area contributed by atoms with E-state index in [1.54, 1.807) is 6.07 Å². The summed E-state index contributed by atoms with van der Waals surface area (Å²) in [6, 6.07) is 15.7. The predicted molar refractivity (Wildman–Crippen MR) is 109 cm³/mol. The van der Waals surface area contributed by atoms with Crippen LogP contribution in [0.4, 0.5) is 4.39 Å². The third kappa shape index (κ3) is 5.48. The first kappa shape index (κ1) is 20.7. The van der Waals surface area contributed by atoms with Gasteiger partial charge in [-0.2, -0.15) is 5.10 Å². The zero-order valence-corrected chi connectivity index (χ0v) is 16.6. The molecule has 0 aliphatic carbocycles. The van der Waals surface area contributed by atoms with Crippen LogP contribution in [0.25, 0.3) is 0 Å². The number of nitrogens with zero attached hydrogens (tertiary/aromatic N) is 3. The number of carbonyl (C=O) groups is 2. The molecule has 1 unspecified atom stereocenters. The van der Waals surface area contributed by atoms with Crippen LogP contribution in [0.3, 0.4) is 0 Å². The summed E-state index contributed by atoms with van der Waals surface area (Å²) in [6.45, 7) is 0.640. The van der Waals surface area contributed by atoms with E-state index in [4.69, 9.17) is 0 Å². The van der Waals surface area contributed by atoms with E-state index in [9.17, 15) is 14.0 Å². The Morgan fingerprint density at radius 1 is 1.17 bits per heavy atom. The number of halogens is 1. The van der Waals surface area contributed by atoms with Crippen LogP contribution in [-0.2, 0) is 16.1 Å². The Bertz CT molecular complexity index is 899. The zero-order valence-electron chi connectivity index (χ0n) is 16.6. The summed E-state index contributed by atoms with van der Waals surface area (Å²) in [5.74, 6) is -0.720. The average Bonchev–Trinajstić information content (AvgIpc) is 2.70. The Morgan fingerprint density at radius 3 is 2.62 bits per heavy atom. The maximum atomic E-state index is 13.6. The molecule has 29 heavy (non-hydrogen) atoms. The van der Waals surface area contributed by atoms with E-state index in [0.717, 1.165) is 11.1 Å². The first-order valence-electron chi connectivity index (χ1n) is 9.56. The standard InChI is InChI=1S/C22H25FN4O2/c1-26(2)20(17-9-6-10-18(23)13-17)14-24-22(29)19-11-12-21(28)27(25-19)15-16-7-4-3-5-8-16/h3-10,13,20H,11-12,14-15H2,1-2H3,(H,24,29). The van der Waals surface area contributed by atoms with Crippen molar-refractivity contribution in [3.05, 3.63) is 71.5 Å². The number of hydrogen-bond acceptors (Lipinski definition) is 4. The number of carbonyl (C=O) groups excluding carboxylic acids is 2. The van der Waals surface area contributed by atoms with Crippen molar-refractivity contribution in [2.45, 2.75) is 25.4 Å². The number of nitrogens with one attached hydrogen (secondary N) is 1. The number of likely N-dealkylation sites (N-methyl/N-ethyl adjacent to an activating group) is 1. The molecule has 152 valence electrons. The molecule has 2 amide bonds. The topological polar surface area (TPSA) is 65.0 Å². The van der Waals surface area contributed by atoms with Gasteiger partial charge in [0.1, 0.15) is 11.5 Å². The van der Waals surface area contributed by atoms with Gasteiger partial charge >= 0.3 is 0 Å². The second-order valence-corrected chi connectivity index (χ2v) is 7.23. The lowest BCUT2D eigenvalue weighted by Crippen LogP contribution is -2.41. The molecule has 0 saturated carbocycles. The van der Waals surface area contributed by atoms with Crippen molar-refractivity contribution in [3.8, 4) is 0 Å². The largest absolute Gasteiger partial charge is 0.349 e. The SMILES string of the molecule is CN(C)C(CNC(=O)C1=NN(Cc2ccccc2)C(=O)CC1)c1cccc(F)c1. The van der Waals surface area contributed by atoms with Gasteiger partial charge in [-0.25, -0.2) is 9.40 Å². The number of hydrogen-bond donors (Lipinski definition) is 1. The van der Waals surface area contributed by atoms with Crippen molar-refractivity contribution in [2.24, 2.45) is 5.10 Å². The van der Waals surface area contributed by atoms with E-state index in [-0.39, 0.29) is 30.1 Å². The number of rotatable bonds is 7. The van der Waals surface area contributed by atoms with Crippen LogP contribution in [0.15, 0.2) is 59.7 Å². The Labute approximate surface area is 170 Å². The molecular formula is C22H25FN4O2. The Balaban J connectivity index is 1.67. The summed E-state index contributed by atoms with van der Waals surface area (Å²) in [7, 11) is 3.75. The van der Waals surface area contributed by atoms with Crippen LogP contribution in [0.2, 0.25) is 0 Å². The van der Waals surface area contributed by atoms with Gasteiger partial charge in [0, 0.05) is 19.4 Å². The van der Waals surface area contributed by atoms with E-state index in [1.165, 1.54) is 17.1 Å². The van der Waals surface area contributed by atoms with Gasteiger partial charge in [-0.1, -0.05) is 42.5 Å². The van der Waals surface area contributed by atoms with Crippen molar-refractivity contribution < 1.29 is 14.0 Å². The van der Waals surface area contributed by atoms with E-state index < -0.39 is 0 Å². The minimum atomic E-state index is -0.313. The molecule has 1 atom stereocenters. The highest BCUT2D eigenvalue weighted by molar-refractivity contribution is 6.39. The molecule has 1 N–H and O–H groups in total. The highest BCUT2D eigenvalue weighted by atomic mass is 19.1. The summed E-state index contributed by atoms with van der Waals surface area (Å²) < 4.78 is 13.6. The lowest BCUT2D eigenvalue weighted by Gasteiger charge is -2.26. The third-order valence-electron chi connectivity index (χ3n) is 4.86. The summed E-state index contributed by atoms with van der Waals surface area (Å²) in [5.41, 5.74) is 2.06. The van der Waals surface area contributed by atoms with Crippen molar-refractivity contribution in [2.75, 3.05) is 20.6 Å². The fourth-order valence-corrected chi connectivity index (χ4v) is 3.25. The summed E-state index contributed by atoms with van der Waals surface area (Å²) in [4.78, 5) is 26.8. The van der Waals surface area contributed by atoms with Crippen LogP contribution >= 0.6 is 0 Å². The Kier molecular flexibility index (Phi) is 6.72. The molecule has 6 nitrogen and oxygen atoms in total. The van der Waals surface area contributed by atoms with Crippen molar-refractivity contribution in [1.82, 2.24) is 15.2 Å². The molecule has 2 aromatic rings. The molecule has 1 heterocycles. The number of hydrazone groups is 1. The number of benzene rings is 2. The predicted octanol–water partition coefficient (Wildman–Crippen LogP) is 2.72. The van der Waals surface area contributed by atoms with Crippen LogP contribution in [0.1, 0.15) is 30.0 Å². The maximum Gasteiger partial charge on any atom is 0.267 e. The van der Waals surface area contributed by atoms with E-state index in [2.05, 4.69) is 10.4 Å². The fourth-order valence-electron chi connectivity index (χ4n) is 3.25. The van der Waals surface area contributed by atoms with Gasteiger partial charge in [0.15, 0.2) is 0 Å². The molecule has 1 aliphatic heterocycles. The monoisotopic (exact) mass is 396 g/mol. The van der Waals surface area contributed by atoms with Crippen LogP contribution < -0.4 is 5.32 Å².